The molecule has 102 valence electrons. The second-order valence-electron chi connectivity index (χ2n) is 4.65. The van der Waals surface area contributed by atoms with Crippen LogP contribution in [-0.2, 0) is 4.79 Å². The maximum atomic E-state index is 11.4. The highest BCUT2D eigenvalue weighted by Gasteiger charge is 2.22. The molecule has 1 aromatic rings. The summed E-state index contributed by atoms with van der Waals surface area (Å²) in [5, 5.41) is 14.7. The first-order chi connectivity index (χ1) is 9.19. The fraction of sp³-hybridized carbons (Fsp3) is 0.429. The second-order valence-corrected chi connectivity index (χ2v) is 4.65. The van der Waals surface area contributed by atoms with E-state index in [-0.39, 0.29) is 5.91 Å². The van der Waals surface area contributed by atoms with E-state index in [1.807, 2.05) is 12.1 Å². The molecule has 0 bridgehead atoms. The van der Waals surface area contributed by atoms with Crippen LogP contribution in [0.3, 0.4) is 0 Å². The van der Waals surface area contributed by atoms with Crippen LogP contribution in [0.25, 0.3) is 0 Å². The summed E-state index contributed by atoms with van der Waals surface area (Å²) in [6.07, 6.45) is 2.56. The Hall–Kier alpha value is -2.04. The molecule has 5 heteroatoms. The van der Waals surface area contributed by atoms with E-state index in [2.05, 4.69) is 10.5 Å². The van der Waals surface area contributed by atoms with Crippen LogP contribution in [0.2, 0.25) is 0 Å². The minimum absolute atomic E-state index is 0.0439. The minimum atomic E-state index is 0.0439. The van der Waals surface area contributed by atoms with Crippen molar-refractivity contribution in [1.82, 2.24) is 5.32 Å². The van der Waals surface area contributed by atoms with Crippen LogP contribution >= 0.6 is 0 Å². The van der Waals surface area contributed by atoms with Crippen LogP contribution in [0.5, 0.6) is 5.75 Å². The summed E-state index contributed by atoms with van der Waals surface area (Å²) < 4.78 is 5.48. The Kier molecular flexibility index (Phi) is 4.39. The fourth-order valence-electron chi connectivity index (χ4n) is 1.64. The van der Waals surface area contributed by atoms with Crippen molar-refractivity contribution in [3.63, 3.8) is 0 Å². The highest BCUT2D eigenvalue weighted by atomic mass is 16.5. The molecule has 0 radical (unpaired) electrons. The molecule has 0 spiro atoms. The number of hydrogen-bond acceptors (Lipinski definition) is 4. The fourth-order valence-corrected chi connectivity index (χ4v) is 1.64. The Morgan fingerprint density at radius 2 is 2.11 bits per heavy atom. The van der Waals surface area contributed by atoms with Crippen LogP contribution in [0.1, 0.15) is 31.7 Å². The predicted molar refractivity (Wildman–Crippen MR) is 71.7 cm³/mol. The van der Waals surface area contributed by atoms with E-state index < -0.39 is 0 Å². The molecule has 1 saturated carbocycles. The highest BCUT2D eigenvalue weighted by molar-refractivity contribution is 5.98. The van der Waals surface area contributed by atoms with Crippen molar-refractivity contribution in [2.45, 2.75) is 32.2 Å². The van der Waals surface area contributed by atoms with Gasteiger partial charge in [-0.25, -0.2) is 0 Å². The molecule has 1 fully saturated rings. The summed E-state index contributed by atoms with van der Waals surface area (Å²) >= 11 is 0. The zero-order chi connectivity index (χ0) is 13.7. The standard InChI is InChI=1S/C14H18N2O3/c1-10(16-18)11-2-6-13(7-3-11)19-9-8-14(17)15-12-4-5-12/h2-3,6-7,12,18H,4-5,8-9H2,1H3,(H,15,17)/b16-10-. The van der Waals surface area contributed by atoms with Crippen LogP contribution in [0.15, 0.2) is 29.4 Å². The first kappa shape index (κ1) is 13.4. The molecule has 2 N–H and O–H groups in total. The molecule has 1 aliphatic rings. The lowest BCUT2D eigenvalue weighted by Gasteiger charge is -2.07. The lowest BCUT2D eigenvalue weighted by atomic mass is 10.1. The number of rotatable bonds is 6. The van der Waals surface area contributed by atoms with E-state index in [1.165, 1.54) is 0 Å². The van der Waals surface area contributed by atoms with Gasteiger partial charge in [-0.1, -0.05) is 5.16 Å². The van der Waals surface area contributed by atoms with Gasteiger partial charge in [-0.15, -0.1) is 0 Å². The van der Waals surface area contributed by atoms with Crippen molar-refractivity contribution < 1.29 is 14.7 Å². The van der Waals surface area contributed by atoms with Gasteiger partial charge in [0, 0.05) is 6.04 Å². The number of benzene rings is 1. The van der Waals surface area contributed by atoms with Gasteiger partial charge in [-0.3, -0.25) is 4.79 Å². The van der Waals surface area contributed by atoms with Gasteiger partial charge in [-0.2, -0.15) is 0 Å². The third kappa shape index (κ3) is 4.28. The zero-order valence-corrected chi connectivity index (χ0v) is 10.9. The third-order valence-electron chi connectivity index (χ3n) is 2.96. The lowest BCUT2D eigenvalue weighted by molar-refractivity contribution is -0.121. The molecular weight excluding hydrogens is 244 g/mol. The summed E-state index contributed by atoms with van der Waals surface area (Å²) in [5.74, 6) is 0.746. The number of hydrogen-bond donors (Lipinski definition) is 2. The first-order valence-corrected chi connectivity index (χ1v) is 6.40. The predicted octanol–water partition coefficient (Wildman–Crippen LogP) is 1.93. The minimum Gasteiger partial charge on any atom is -0.493 e. The number of amides is 1. The van der Waals surface area contributed by atoms with E-state index in [4.69, 9.17) is 9.94 Å². The van der Waals surface area contributed by atoms with Crippen LogP contribution in [0.4, 0.5) is 0 Å². The molecule has 1 amide bonds. The molecule has 1 aliphatic carbocycles. The van der Waals surface area contributed by atoms with Gasteiger partial charge in [-0.05, 0) is 49.6 Å². The van der Waals surface area contributed by atoms with E-state index in [9.17, 15) is 4.79 Å². The first-order valence-electron chi connectivity index (χ1n) is 6.40. The Morgan fingerprint density at radius 3 is 2.68 bits per heavy atom. The van der Waals surface area contributed by atoms with E-state index >= 15 is 0 Å². The number of ether oxygens (including phenoxy) is 1. The quantitative estimate of drug-likeness (QED) is 0.467. The van der Waals surface area contributed by atoms with Gasteiger partial charge in [0.15, 0.2) is 0 Å². The number of nitrogens with one attached hydrogen (secondary N) is 1. The number of carbonyl (C=O) groups excluding carboxylic acids is 1. The smallest absolute Gasteiger partial charge is 0.223 e. The highest BCUT2D eigenvalue weighted by Crippen LogP contribution is 2.18. The summed E-state index contributed by atoms with van der Waals surface area (Å²) in [7, 11) is 0. The van der Waals surface area contributed by atoms with E-state index in [1.54, 1.807) is 19.1 Å². The van der Waals surface area contributed by atoms with Gasteiger partial charge < -0.3 is 15.3 Å². The molecule has 1 aromatic carbocycles. The lowest BCUT2D eigenvalue weighted by Crippen LogP contribution is -2.26. The van der Waals surface area contributed by atoms with Gasteiger partial charge >= 0.3 is 0 Å². The SMILES string of the molecule is C/C(=N/O)c1ccc(OCCC(=O)NC2CC2)cc1. The third-order valence-corrected chi connectivity index (χ3v) is 2.96. The van der Waals surface area contributed by atoms with Crippen LogP contribution in [0, 0.1) is 0 Å². The maximum absolute atomic E-state index is 11.4. The number of oxime groups is 1. The monoisotopic (exact) mass is 262 g/mol. The van der Waals surface area contributed by atoms with Crippen molar-refractivity contribution in [2.24, 2.45) is 5.16 Å². The number of nitrogens with zero attached hydrogens (tertiary/aromatic N) is 1. The molecular formula is C14H18N2O3. The molecule has 2 rings (SSSR count). The van der Waals surface area contributed by atoms with Crippen molar-refractivity contribution in [3.8, 4) is 5.75 Å². The summed E-state index contributed by atoms with van der Waals surface area (Å²) in [4.78, 5) is 11.4. The van der Waals surface area contributed by atoms with Crippen molar-refractivity contribution >= 4 is 11.6 Å². The molecule has 0 aromatic heterocycles. The molecule has 0 unspecified atom stereocenters. The van der Waals surface area contributed by atoms with Gasteiger partial charge in [0.2, 0.25) is 5.91 Å². The van der Waals surface area contributed by atoms with Crippen LogP contribution in [-0.4, -0.2) is 29.5 Å². The van der Waals surface area contributed by atoms with E-state index in [0.717, 1.165) is 18.4 Å². The molecule has 0 atom stereocenters. The molecule has 0 heterocycles. The summed E-state index contributed by atoms with van der Waals surface area (Å²) in [6, 6.07) is 7.61. The summed E-state index contributed by atoms with van der Waals surface area (Å²) in [6.45, 7) is 2.09. The Labute approximate surface area is 112 Å². The topological polar surface area (TPSA) is 70.9 Å². The van der Waals surface area contributed by atoms with Gasteiger partial charge in [0.05, 0.1) is 18.7 Å². The molecule has 5 nitrogen and oxygen atoms in total. The Morgan fingerprint density at radius 1 is 1.42 bits per heavy atom. The zero-order valence-electron chi connectivity index (χ0n) is 10.9. The Balaban J connectivity index is 1.74. The van der Waals surface area contributed by atoms with Crippen molar-refractivity contribution in [3.05, 3.63) is 29.8 Å². The van der Waals surface area contributed by atoms with Gasteiger partial charge in [0.1, 0.15) is 5.75 Å². The van der Waals surface area contributed by atoms with Crippen molar-refractivity contribution in [1.29, 1.82) is 0 Å². The van der Waals surface area contributed by atoms with Crippen molar-refractivity contribution in [2.75, 3.05) is 6.61 Å². The number of carbonyl (C=O) groups is 1. The molecule has 0 saturated heterocycles. The second kappa shape index (κ2) is 6.22. The average Bonchev–Trinajstić information content (AvgIpc) is 3.22. The Bertz CT molecular complexity index is 464. The van der Waals surface area contributed by atoms with Crippen LogP contribution < -0.4 is 10.1 Å². The maximum Gasteiger partial charge on any atom is 0.223 e. The van der Waals surface area contributed by atoms with E-state index in [0.29, 0.717) is 30.5 Å². The summed E-state index contributed by atoms with van der Waals surface area (Å²) in [5.41, 5.74) is 1.39. The average molecular weight is 262 g/mol. The normalized spacial score (nSPS) is 15.1. The van der Waals surface area contributed by atoms with Gasteiger partial charge in [0.25, 0.3) is 0 Å². The largest absolute Gasteiger partial charge is 0.493 e. The molecule has 19 heavy (non-hydrogen) atoms. The molecule has 0 aliphatic heterocycles.